The fourth-order valence-corrected chi connectivity index (χ4v) is 15.1. The van der Waals surface area contributed by atoms with E-state index in [9.17, 15) is 19.2 Å². The van der Waals surface area contributed by atoms with Gasteiger partial charge in [-0.05, 0) is 145 Å². The highest BCUT2D eigenvalue weighted by Gasteiger charge is 2.59. The average Bonchev–Trinajstić information content (AvgIpc) is 4.04. The van der Waals surface area contributed by atoms with Crippen molar-refractivity contribution < 1.29 is 42.9 Å². The summed E-state index contributed by atoms with van der Waals surface area (Å²) in [4.78, 5) is 54.2. The van der Waals surface area contributed by atoms with Crippen molar-refractivity contribution in [3.8, 4) is 11.5 Å². The molecule has 0 radical (unpaired) electrons. The topological polar surface area (TPSA) is 142 Å². The van der Waals surface area contributed by atoms with Gasteiger partial charge < -0.3 is 39.2 Å². The van der Waals surface area contributed by atoms with E-state index in [0.717, 1.165) is 84.3 Å². The molecule has 3 aromatic rings. The maximum Gasteiger partial charge on any atom is 0.407 e. The molecule has 3 amide bonds. The summed E-state index contributed by atoms with van der Waals surface area (Å²) in [5.41, 5.74) is 3.70. The van der Waals surface area contributed by atoms with Gasteiger partial charge in [0.05, 0.1) is 33.8 Å². The fraction of sp³-hybridized carbons (Fsp3) is 0.631. The number of esters is 1. The first-order valence-corrected chi connectivity index (χ1v) is 29.4. The summed E-state index contributed by atoms with van der Waals surface area (Å²) in [6, 6.07) is 25.6. The Morgan fingerprint density at radius 3 is 2.08 bits per heavy atom. The highest BCUT2D eigenvalue weighted by atomic mass is 16.6. The number of hydrogen-bond donors (Lipinski definition) is 2. The lowest BCUT2D eigenvalue weighted by atomic mass is 9.47. The Morgan fingerprint density at radius 2 is 1.42 bits per heavy atom. The van der Waals surface area contributed by atoms with Crippen molar-refractivity contribution in [3.05, 3.63) is 107 Å². The molecule has 4 fully saturated rings. The number of rotatable bonds is 24. The minimum absolute atomic E-state index is 0.00247. The molecule has 1 aliphatic heterocycles. The van der Waals surface area contributed by atoms with Crippen LogP contribution in [0.25, 0.3) is 0 Å². The zero-order chi connectivity index (χ0) is 54.7. The first-order chi connectivity index (χ1) is 37.1. The van der Waals surface area contributed by atoms with Gasteiger partial charge in [0, 0.05) is 45.3 Å². The molecular weight excluding hydrogens is 967 g/mol. The number of allylic oxidation sites excluding steroid dienone is 1. The number of unbranched alkanes of at least 4 members (excludes halogenated alkanes) is 2. The Hall–Kier alpha value is -5.36. The van der Waals surface area contributed by atoms with Gasteiger partial charge in [0.15, 0.2) is 0 Å². The number of methoxy groups -OCH3 is 2. The van der Waals surface area contributed by atoms with Gasteiger partial charge in [0.2, 0.25) is 11.8 Å². The number of fused-ring (bicyclic) bond motifs is 5. The summed E-state index contributed by atoms with van der Waals surface area (Å²) >= 11 is 0. The highest BCUT2D eigenvalue weighted by Crippen LogP contribution is 2.67. The number of nitrogens with zero attached hydrogens (tertiary/aromatic N) is 1. The van der Waals surface area contributed by atoms with Crippen molar-refractivity contribution in [2.75, 3.05) is 47.5 Å². The average molecular weight is 1060 g/mol. The monoisotopic (exact) mass is 1060 g/mol. The van der Waals surface area contributed by atoms with Crippen molar-refractivity contribution in [1.29, 1.82) is 0 Å². The van der Waals surface area contributed by atoms with Crippen LogP contribution < -0.4 is 20.1 Å². The molecule has 420 valence electrons. The standard InChI is InChI=1S/C65H91N3O9/c1-44(2)16-15-17-45(3)55-31-32-56-54-30-25-50-40-53(35-37-63(50,4)57(54)36-38-64(55,56)5)76-62(72)67-39-14-10-13-20-60(70)68-41-46(58(42-68)77-61(71)34-33-59(69)66-6)43-75-65(47-18-11-9-12-19-47,48-21-26-51(73-7)27-22-48)49-23-28-52(74-8)29-24-49/h9,11-12,18-19,21-29,44-46,53-58H,10,13-17,20,30-43H2,1-8H3,(H,66,69)(H,67,72)/t45?,46?,53?,54?,55?,56?,57?,58?,63-,64+/m0/s1. The maximum absolute atomic E-state index is 13.9. The second-order valence-electron chi connectivity index (χ2n) is 24.4. The Bertz CT molecular complexity index is 2410. The third-order valence-electron chi connectivity index (χ3n) is 19.4. The van der Waals surface area contributed by atoms with Crippen molar-refractivity contribution >= 4 is 23.9 Å². The SMILES string of the molecule is CNC(=O)CCC(=O)OC1CN(C(=O)CCCCCNC(=O)OC2CC[C@@]3(C)C(=CCC4C5CCC(C(C)CCCC(C)C)[C@@]5(C)CCC43)C2)CC1COC(c1ccccc1)(c1ccc(OC)cc1)c1ccc(OC)cc1. The Kier molecular flexibility index (Phi) is 19.6. The number of hydrogen-bond acceptors (Lipinski definition) is 9. The van der Waals surface area contributed by atoms with Crippen LogP contribution in [0.15, 0.2) is 90.5 Å². The number of nitrogens with one attached hydrogen (secondary N) is 2. The molecule has 5 aliphatic rings. The van der Waals surface area contributed by atoms with E-state index in [1.807, 2.05) is 78.9 Å². The van der Waals surface area contributed by atoms with E-state index >= 15 is 0 Å². The number of benzene rings is 3. The second kappa shape index (κ2) is 26.1. The van der Waals surface area contributed by atoms with Crippen LogP contribution in [0.2, 0.25) is 0 Å². The van der Waals surface area contributed by atoms with E-state index in [1.54, 1.807) is 19.1 Å². The van der Waals surface area contributed by atoms with E-state index < -0.39 is 17.7 Å². The van der Waals surface area contributed by atoms with Crippen LogP contribution in [-0.2, 0) is 34.2 Å². The lowest BCUT2D eigenvalue weighted by Crippen LogP contribution is -2.51. The lowest BCUT2D eigenvalue weighted by Gasteiger charge is -2.58. The predicted octanol–water partition coefficient (Wildman–Crippen LogP) is 12.6. The summed E-state index contributed by atoms with van der Waals surface area (Å²) in [6.07, 6.45) is 17.4. The molecule has 8 rings (SSSR count). The van der Waals surface area contributed by atoms with Gasteiger partial charge in [-0.25, -0.2) is 4.79 Å². The molecule has 0 aromatic heterocycles. The smallest absolute Gasteiger partial charge is 0.407 e. The zero-order valence-corrected chi connectivity index (χ0v) is 47.7. The Morgan fingerprint density at radius 1 is 0.727 bits per heavy atom. The first kappa shape index (κ1) is 57.8. The van der Waals surface area contributed by atoms with Crippen molar-refractivity contribution in [3.63, 3.8) is 0 Å². The molecule has 12 heteroatoms. The van der Waals surface area contributed by atoms with Gasteiger partial charge in [-0.3, -0.25) is 14.4 Å². The van der Waals surface area contributed by atoms with E-state index in [0.29, 0.717) is 42.8 Å². The second-order valence-corrected chi connectivity index (χ2v) is 24.4. The van der Waals surface area contributed by atoms with Crippen molar-refractivity contribution in [1.82, 2.24) is 15.5 Å². The number of ether oxygens (including phenoxy) is 5. The third kappa shape index (κ3) is 13.2. The zero-order valence-electron chi connectivity index (χ0n) is 47.7. The van der Waals surface area contributed by atoms with Gasteiger partial charge in [0.25, 0.3) is 0 Å². The normalized spacial score (nSPS) is 27.1. The van der Waals surface area contributed by atoms with Crippen molar-refractivity contribution in [2.24, 2.45) is 52.3 Å². The molecule has 4 aliphatic carbocycles. The Labute approximate surface area is 460 Å². The number of amides is 3. The quantitative estimate of drug-likeness (QED) is 0.0388. The number of carbonyl (C=O) groups is 4. The van der Waals surface area contributed by atoms with Crippen LogP contribution >= 0.6 is 0 Å². The van der Waals surface area contributed by atoms with Gasteiger partial charge in [-0.2, -0.15) is 0 Å². The summed E-state index contributed by atoms with van der Waals surface area (Å²) in [6.45, 7) is 13.6. The first-order valence-electron chi connectivity index (χ1n) is 29.4. The molecular formula is C65H91N3O9. The van der Waals surface area contributed by atoms with Crippen LogP contribution in [0.4, 0.5) is 4.79 Å². The van der Waals surface area contributed by atoms with E-state index in [1.165, 1.54) is 64.0 Å². The van der Waals surface area contributed by atoms with E-state index in [-0.39, 0.29) is 61.3 Å². The molecule has 1 heterocycles. The van der Waals surface area contributed by atoms with Crippen LogP contribution in [0.1, 0.15) is 160 Å². The minimum Gasteiger partial charge on any atom is -0.497 e. The molecule has 12 nitrogen and oxygen atoms in total. The molecule has 3 aromatic carbocycles. The summed E-state index contributed by atoms with van der Waals surface area (Å²) < 4.78 is 30.5. The molecule has 77 heavy (non-hydrogen) atoms. The molecule has 2 N–H and O–H groups in total. The molecule has 8 unspecified atom stereocenters. The molecule has 3 saturated carbocycles. The van der Waals surface area contributed by atoms with Crippen molar-refractivity contribution in [2.45, 2.75) is 162 Å². The predicted molar refractivity (Wildman–Crippen MR) is 301 cm³/mol. The van der Waals surface area contributed by atoms with Gasteiger partial charge >= 0.3 is 12.1 Å². The lowest BCUT2D eigenvalue weighted by molar-refractivity contribution is -0.153. The molecule has 0 bridgehead atoms. The van der Waals surface area contributed by atoms with Gasteiger partial charge in [-0.1, -0.05) is 127 Å². The third-order valence-corrected chi connectivity index (χ3v) is 19.4. The summed E-state index contributed by atoms with van der Waals surface area (Å²) in [5, 5.41) is 5.57. The number of alkyl carbamates (subject to hydrolysis) is 1. The fourth-order valence-electron chi connectivity index (χ4n) is 15.1. The van der Waals surface area contributed by atoms with Gasteiger partial charge in [0.1, 0.15) is 29.3 Å². The minimum atomic E-state index is -1.11. The molecule has 1 saturated heterocycles. The van der Waals surface area contributed by atoms with Gasteiger partial charge in [-0.15, -0.1) is 0 Å². The number of carbonyl (C=O) groups excluding carboxylic acids is 4. The molecule has 0 spiro atoms. The summed E-state index contributed by atoms with van der Waals surface area (Å²) in [5.74, 6) is 5.03. The van der Waals surface area contributed by atoms with Crippen LogP contribution in [0, 0.1) is 52.3 Å². The van der Waals surface area contributed by atoms with Crippen LogP contribution in [0.5, 0.6) is 11.5 Å². The molecule has 10 atom stereocenters. The number of likely N-dealkylation sites (tertiary alicyclic amines) is 1. The summed E-state index contributed by atoms with van der Waals surface area (Å²) in [7, 11) is 4.80. The highest BCUT2D eigenvalue weighted by molar-refractivity contribution is 5.81. The largest absolute Gasteiger partial charge is 0.497 e. The van der Waals surface area contributed by atoms with Crippen LogP contribution in [0.3, 0.4) is 0 Å². The van der Waals surface area contributed by atoms with E-state index in [4.69, 9.17) is 23.7 Å². The Balaban J connectivity index is 0.831. The van der Waals surface area contributed by atoms with Crippen LogP contribution in [-0.4, -0.2) is 88.5 Å². The van der Waals surface area contributed by atoms with E-state index in [2.05, 4.69) is 51.3 Å². The maximum atomic E-state index is 13.9.